The summed E-state index contributed by atoms with van der Waals surface area (Å²) in [7, 11) is 0.784. The summed E-state index contributed by atoms with van der Waals surface area (Å²) in [6.45, 7) is 2.41. The molecule has 0 aromatic heterocycles. The third kappa shape index (κ3) is 2.47. The minimum atomic E-state index is -0.565. The monoisotopic (exact) mass is 245 g/mol. The minimum absolute atomic E-state index is 0.0831. The van der Waals surface area contributed by atoms with Crippen LogP contribution in [0, 0.1) is 0 Å². The normalized spacial score (nSPS) is 18.9. The zero-order valence-corrected chi connectivity index (χ0v) is 10.5. The van der Waals surface area contributed by atoms with Gasteiger partial charge in [0.2, 0.25) is 0 Å². The molecule has 2 rings (SSSR count). The number of fused-ring (bicyclic) bond motifs is 1. The van der Waals surface area contributed by atoms with Gasteiger partial charge in [0.25, 0.3) is 0 Å². The maximum absolute atomic E-state index is 11.2. The fourth-order valence-corrected chi connectivity index (χ4v) is 2.26. The quantitative estimate of drug-likeness (QED) is 0.496. The second-order valence-electron chi connectivity index (χ2n) is 4.33. The molecule has 0 saturated heterocycles. The Bertz CT molecular complexity index is 473. The van der Waals surface area contributed by atoms with Crippen LogP contribution in [0.4, 0.5) is 0 Å². The molecule has 0 bridgehead atoms. The fourth-order valence-electron chi connectivity index (χ4n) is 2.26. The SMILES string of the molecule is COC(=O)/C=C/C1c2ccccc2CN1B(C)O. The summed E-state index contributed by atoms with van der Waals surface area (Å²) in [5, 5.41) is 9.79. The number of carbonyl (C=O) groups excluding carboxylic acids is 1. The Morgan fingerprint density at radius 2 is 2.28 bits per heavy atom. The van der Waals surface area contributed by atoms with Gasteiger partial charge in [0.15, 0.2) is 0 Å². The molecule has 0 spiro atoms. The molecule has 0 saturated carbocycles. The molecular formula is C13H16BNO3. The lowest BCUT2D eigenvalue weighted by Gasteiger charge is -2.22. The van der Waals surface area contributed by atoms with Crippen molar-refractivity contribution in [2.45, 2.75) is 19.4 Å². The molecule has 1 atom stereocenters. The first-order chi connectivity index (χ1) is 8.63. The molecule has 1 unspecified atom stereocenters. The Balaban J connectivity index is 2.28. The second-order valence-corrected chi connectivity index (χ2v) is 4.33. The number of benzene rings is 1. The van der Waals surface area contributed by atoms with Crippen LogP contribution in [0.2, 0.25) is 6.82 Å². The van der Waals surface area contributed by atoms with Gasteiger partial charge in [0.05, 0.1) is 7.11 Å². The fraction of sp³-hybridized carbons (Fsp3) is 0.308. The first-order valence-electron chi connectivity index (χ1n) is 5.91. The van der Waals surface area contributed by atoms with Crippen LogP contribution < -0.4 is 0 Å². The van der Waals surface area contributed by atoms with Crippen molar-refractivity contribution < 1.29 is 14.6 Å². The Morgan fingerprint density at radius 3 is 2.94 bits per heavy atom. The highest BCUT2D eigenvalue weighted by atomic mass is 16.5. The number of hydrogen-bond acceptors (Lipinski definition) is 4. The molecule has 94 valence electrons. The van der Waals surface area contributed by atoms with Crippen molar-refractivity contribution >= 4 is 13.0 Å². The molecule has 1 heterocycles. The van der Waals surface area contributed by atoms with Crippen LogP contribution in [-0.2, 0) is 16.1 Å². The number of carbonyl (C=O) groups is 1. The highest BCUT2D eigenvalue weighted by molar-refractivity contribution is 6.45. The number of rotatable bonds is 3. The summed E-state index contributed by atoms with van der Waals surface area (Å²) in [4.78, 5) is 13.1. The summed E-state index contributed by atoms with van der Waals surface area (Å²) in [5.41, 5.74) is 2.30. The second kappa shape index (κ2) is 5.37. The molecule has 0 amide bonds. The highest BCUT2D eigenvalue weighted by Gasteiger charge is 2.32. The molecule has 18 heavy (non-hydrogen) atoms. The van der Waals surface area contributed by atoms with Crippen LogP contribution in [0.5, 0.6) is 0 Å². The zero-order chi connectivity index (χ0) is 13.1. The largest absolute Gasteiger partial charge is 0.466 e. The van der Waals surface area contributed by atoms with Gasteiger partial charge in [0.1, 0.15) is 0 Å². The summed E-state index contributed by atoms with van der Waals surface area (Å²) in [6, 6.07) is 7.91. The van der Waals surface area contributed by atoms with E-state index in [1.54, 1.807) is 12.9 Å². The smallest absolute Gasteiger partial charge is 0.377 e. The number of ether oxygens (including phenoxy) is 1. The number of nitrogens with zero attached hydrogens (tertiary/aromatic N) is 1. The molecule has 1 aromatic rings. The maximum atomic E-state index is 11.2. The van der Waals surface area contributed by atoms with E-state index in [0.29, 0.717) is 6.54 Å². The Kier molecular flexibility index (Phi) is 3.84. The average molecular weight is 245 g/mol. The van der Waals surface area contributed by atoms with E-state index in [1.165, 1.54) is 18.7 Å². The van der Waals surface area contributed by atoms with Crippen LogP contribution >= 0.6 is 0 Å². The number of methoxy groups -OCH3 is 1. The molecular weight excluding hydrogens is 229 g/mol. The summed E-state index contributed by atoms with van der Waals surface area (Å²) in [5.74, 6) is -0.384. The van der Waals surface area contributed by atoms with Crippen molar-refractivity contribution in [1.82, 2.24) is 4.81 Å². The first kappa shape index (κ1) is 12.9. The number of esters is 1. The van der Waals surface area contributed by atoms with Gasteiger partial charge in [-0.05, 0) is 17.9 Å². The third-order valence-electron chi connectivity index (χ3n) is 3.18. The zero-order valence-electron chi connectivity index (χ0n) is 10.5. The Hall–Kier alpha value is -1.59. The first-order valence-corrected chi connectivity index (χ1v) is 5.91. The van der Waals surface area contributed by atoms with Gasteiger partial charge in [-0.3, -0.25) is 0 Å². The molecule has 1 aliphatic rings. The van der Waals surface area contributed by atoms with Crippen LogP contribution in [0.15, 0.2) is 36.4 Å². The van der Waals surface area contributed by atoms with E-state index in [0.717, 1.165) is 5.56 Å². The predicted octanol–water partition coefficient (Wildman–Crippen LogP) is 1.38. The van der Waals surface area contributed by atoms with E-state index in [9.17, 15) is 9.82 Å². The topological polar surface area (TPSA) is 49.8 Å². The molecule has 1 aromatic carbocycles. The molecule has 1 aliphatic heterocycles. The van der Waals surface area contributed by atoms with Crippen molar-refractivity contribution in [1.29, 1.82) is 0 Å². The summed E-state index contributed by atoms with van der Waals surface area (Å²) in [6.07, 6.45) is 3.17. The maximum Gasteiger partial charge on any atom is 0.377 e. The van der Waals surface area contributed by atoms with E-state index in [2.05, 4.69) is 4.74 Å². The van der Waals surface area contributed by atoms with Crippen LogP contribution in [0.3, 0.4) is 0 Å². The van der Waals surface area contributed by atoms with E-state index in [-0.39, 0.29) is 12.0 Å². The molecule has 0 fully saturated rings. The third-order valence-corrected chi connectivity index (χ3v) is 3.18. The van der Waals surface area contributed by atoms with Gasteiger partial charge in [-0.2, -0.15) is 0 Å². The van der Waals surface area contributed by atoms with Crippen LogP contribution in [-0.4, -0.2) is 30.0 Å². The highest BCUT2D eigenvalue weighted by Crippen LogP contribution is 2.34. The predicted molar refractivity (Wildman–Crippen MR) is 69.7 cm³/mol. The molecule has 4 nitrogen and oxygen atoms in total. The van der Waals surface area contributed by atoms with Crippen molar-refractivity contribution in [3.8, 4) is 0 Å². The lowest BCUT2D eigenvalue weighted by Crippen LogP contribution is -2.34. The lowest BCUT2D eigenvalue weighted by atomic mass is 9.83. The molecule has 0 radical (unpaired) electrons. The van der Waals surface area contributed by atoms with Crippen molar-refractivity contribution in [3.05, 3.63) is 47.5 Å². The Morgan fingerprint density at radius 1 is 1.56 bits per heavy atom. The van der Waals surface area contributed by atoms with Crippen LogP contribution in [0.1, 0.15) is 17.2 Å². The van der Waals surface area contributed by atoms with Crippen LogP contribution in [0.25, 0.3) is 0 Å². The van der Waals surface area contributed by atoms with Crippen molar-refractivity contribution in [3.63, 3.8) is 0 Å². The van der Waals surface area contributed by atoms with Gasteiger partial charge < -0.3 is 14.6 Å². The van der Waals surface area contributed by atoms with E-state index >= 15 is 0 Å². The average Bonchev–Trinajstić information content (AvgIpc) is 2.75. The van der Waals surface area contributed by atoms with Gasteiger partial charge in [-0.1, -0.05) is 30.3 Å². The number of hydrogen-bond donors (Lipinski definition) is 1. The van der Waals surface area contributed by atoms with Crippen molar-refractivity contribution in [2.75, 3.05) is 7.11 Å². The van der Waals surface area contributed by atoms with E-state index in [1.807, 2.05) is 29.1 Å². The van der Waals surface area contributed by atoms with Crippen molar-refractivity contribution in [2.24, 2.45) is 0 Å². The molecule has 1 N–H and O–H groups in total. The molecule has 5 heteroatoms. The summed E-state index contributed by atoms with van der Waals surface area (Å²) >= 11 is 0. The minimum Gasteiger partial charge on any atom is -0.466 e. The van der Waals surface area contributed by atoms with E-state index < -0.39 is 7.05 Å². The van der Waals surface area contributed by atoms with E-state index in [4.69, 9.17) is 0 Å². The van der Waals surface area contributed by atoms with Gasteiger partial charge in [-0.25, -0.2) is 4.79 Å². The lowest BCUT2D eigenvalue weighted by molar-refractivity contribution is -0.134. The van der Waals surface area contributed by atoms with Gasteiger partial charge >= 0.3 is 13.0 Å². The summed E-state index contributed by atoms with van der Waals surface area (Å²) < 4.78 is 4.59. The van der Waals surface area contributed by atoms with Gasteiger partial charge in [-0.15, -0.1) is 0 Å². The molecule has 0 aliphatic carbocycles. The van der Waals surface area contributed by atoms with Gasteiger partial charge in [0, 0.05) is 18.7 Å². The standard InChI is InChI=1S/C13H16BNO3/c1-14(17)15-9-10-5-3-4-6-11(10)12(15)7-8-13(16)18-2/h3-8,12,17H,9H2,1-2H3/b8-7+. The Labute approximate surface area is 107 Å².